The molecule has 0 aliphatic carbocycles. The highest BCUT2D eigenvalue weighted by molar-refractivity contribution is 6.06. The fourth-order valence-electron chi connectivity index (χ4n) is 1.83. The Balaban J connectivity index is 1.98. The number of alkyl halides is 3. The summed E-state index contributed by atoms with van der Waals surface area (Å²) in [5, 5.41) is 0. The molecule has 0 saturated heterocycles. The van der Waals surface area contributed by atoms with Gasteiger partial charge in [0.15, 0.2) is 12.4 Å². The van der Waals surface area contributed by atoms with E-state index in [1.807, 2.05) is 31.2 Å². The van der Waals surface area contributed by atoms with Crippen LogP contribution in [0, 0.1) is 6.92 Å². The third kappa shape index (κ3) is 5.62. The molecule has 0 heterocycles. The molecule has 0 saturated carbocycles. The van der Waals surface area contributed by atoms with Gasteiger partial charge in [0.25, 0.3) is 0 Å². The van der Waals surface area contributed by atoms with E-state index < -0.39 is 12.8 Å². The second kappa shape index (κ2) is 7.13. The summed E-state index contributed by atoms with van der Waals surface area (Å²) in [4.78, 5) is 12.0. The molecule has 0 aliphatic heterocycles. The van der Waals surface area contributed by atoms with Crippen LogP contribution in [0.25, 0.3) is 6.08 Å². The zero-order chi connectivity index (χ0) is 16.9. The van der Waals surface area contributed by atoms with Crippen molar-refractivity contribution < 1.29 is 22.7 Å². The molecule has 0 aliphatic rings. The highest BCUT2D eigenvalue weighted by Gasteiger charge is 2.28. The van der Waals surface area contributed by atoms with E-state index >= 15 is 0 Å². The Morgan fingerprint density at radius 2 is 1.65 bits per heavy atom. The number of carbonyl (C=O) groups is 1. The molecule has 0 unspecified atom stereocenters. The summed E-state index contributed by atoms with van der Waals surface area (Å²) in [6.45, 7) is 0.620. The van der Waals surface area contributed by atoms with E-state index in [4.69, 9.17) is 0 Å². The van der Waals surface area contributed by atoms with Crippen LogP contribution in [-0.2, 0) is 0 Å². The van der Waals surface area contributed by atoms with Crippen LogP contribution in [0.4, 0.5) is 13.2 Å². The third-order valence-corrected chi connectivity index (χ3v) is 3.05. The van der Waals surface area contributed by atoms with Crippen molar-refractivity contribution in [1.82, 2.24) is 0 Å². The second-order valence-corrected chi connectivity index (χ2v) is 5.04. The van der Waals surface area contributed by atoms with E-state index in [-0.39, 0.29) is 11.5 Å². The van der Waals surface area contributed by atoms with E-state index in [0.29, 0.717) is 5.56 Å². The molecule has 0 N–H and O–H groups in total. The standard InChI is InChI=1S/C18H15F3O2/c1-13-2-4-14(5-3-13)6-11-17(22)15-7-9-16(10-8-15)23-12-18(19,20)21/h2-11H,12H2,1H3/b11-6+. The van der Waals surface area contributed by atoms with Crippen molar-refractivity contribution >= 4 is 11.9 Å². The van der Waals surface area contributed by atoms with Crippen molar-refractivity contribution in [1.29, 1.82) is 0 Å². The van der Waals surface area contributed by atoms with Crippen molar-refractivity contribution in [3.8, 4) is 5.75 Å². The Morgan fingerprint density at radius 3 is 2.22 bits per heavy atom. The van der Waals surface area contributed by atoms with Crippen LogP contribution in [0.15, 0.2) is 54.6 Å². The van der Waals surface area contributed by atoms with Crippen LogP contribution < -0.4 is 4.74 Å². The minimum Gasteiger partial charge on any atom is -0.484 e. The first-order valence-corrected chi connectivity index (χ1v) is 6.92. The fraction of sp³-hybridized carbons (Fsp3) is 0.167. The van der Waals surface area contributed by atoms with Gasteiger partial charge in [-0.1, -0.05) is 35.9 Å². The molecular formula is C18H15F3O2. The molecule has 0 fully saturated rings. The van der Waals surface area contributed by atoms with Gasteiger partial charge in [-0.15, -0.1) is 0 Å². The molecule has 0 radical (unpaired) electrons. The van der Waals surface area contributed by atoms with Crippen molar-refractivity contribution in [2.75, 3.05) is 6.61 Å². The number of ether oxygens (including phenoxy) is 1. The van der Waals surface area contributed by atoms with Gasteiger partial charge in [-0.25, -0.2) is 0 Å². The molecule has 2 aromatic carbocycles. The highest BCUT2D eigenvalue weighted by Crippen LogP contribution is 2.19. The number of carbonyl (C=O) groups excluding carboxylic acids is 1. The predicted octanol–water partition coefficient (Wildman–Crippen LogP) is 4.83. The van der Waals surface area contributed by atoms with Gasteiger partial charge in [-0.3, -0.25) is 4.79 Å². The molecule has 2 nitrogen and oxygen atoms in total. The van der Waals surface area contributed by atoms with Gasteiger partial charge >= 0.3 is 6.18 Å². The number of ketones is 1. The summed E-state index contributed by atoms with van der Waals surface area (Å²) in [6, 6.07) is 13.2. The molecule has 23 heavy (non-hydrogen) atoms. The van der Waals surface area contributed by atoms with E-state index in [1.54, 1.807) is 6.08 Å². The highest BCUT2D eigenvalue weighted by atomic mass is 19.4. The molecule has 0 bridgehead atoms. The Labute approximate surface area is 132 Å². The van der Waals surface area contributed by atoms with Gasteiger partial charge in [-0.2, -0.15) is 13.2 Å². The zero-order valence-electron chi connectivity index (χ0n) is 12.4. The van der Waals surface area contributed by atoms with E-state index in [1.165, 1.54) is 30.3 Å². The maximum absolute atomic E-state index is 12.0. The van der Waals surface area contributed by atoms with Crippen LogP contribution in [0.1, 0.15) is 21.5 Å². The Hall–Kier alpha value is -2.56. The lowest BCUT2D eigenvalue weighted by Crippen LogP contribution is -2.19. The van der Waals surface area contributed by atoms with Gasteiger partial charge in [0.2, 0.25) is 0 Å². The first kappa shape index (κ1) is 16.8. The maximum atomic E-state index is 12.0. The topological polar surface area (TPSA) is 26.3 Å². The molecular weight excluding hydrogens is 305 g/mol. The van der Waals surface area contributed by atoms with Crippen LogP contribution in [0.3, 0.4) is 0 Å². The molecule has 0 spiro atoms. The Bertz CT molecular complexity index is 684. The lowest BCUT2D eigenvalue weighted by Gasteiger charge is -2.09. The summed E-state index contributed by atoms with van der Waals surface area (Å²) in [7, 11) is 0. The Kier molecular flexibility index (Phi) is 5.21. The molecule has 120 valence electrons. The average Bonchev–Trinajstić information content (AvgIpc) is 2.52. The van der Waals surface area contributed by atoms with Crippen LogP contribution >= 0.6 is 0 Å². The minimum atomic E-state index is -4.38. The summed E-state index contributed by atoms with van der Waals surface area (Å²) >= 11 is 0. The number of benzene rings is 2. The second-order valence-electron chi connectivity index (χ2n) is 5.04. The van der Waals surface area contributed by atoms with Crippen molar-refractivity contribution in [3.05, 3.63) is 71.3 Å². The molecule has 5 heteroatoms. The van der Waals surface area contributed by atoms with E-state index in [0.717, 1.165) is 11.1 Å². The van der Waals surface area contributed by atoms with Gasteiger partial charge in [0, 0.05) is 5.56 Å². The van der Waals surface area contributed by atoms with Gasteiger partial charge in [-0.05, 0) is 42.8 Å². The molecule has 0 aromatic heterocycles. The Morgan fingerprint density at radius 1 is 1.04 bits per heavy atom. The normalized spacial score (nSPS) is 11.7. The monoisotopic (exact) mass is 320 g/mol. The minimum absolute atomic E-state index is 0.0707. The van der Waals surface area contributed by atoms with Crippen molar-refractivity contribution in [3.63, 3.8) is 0 Å². The lowest BCUT2D eigenvalue weighted by atomic mass is 10.1. The summed E-state index contributed by atoms with van der Waals surface area (Å²) in [6.07, 6.45) is -1.27. The third-order valence-electron chi connectivity index (χ3n) is 3.05. The number of rotatable bonds is 5. The molecule has 0 atom stereocenters. The number of hydrogen-bond acceptors (Lipinski definition) is 2. The van der Waals surface area contributed by atoms with E-state index in [9.17, 15) is 18.0 Å². The summed E-state index contributed by atoms with van der Waals surface area (Å²) in [5.41, 5.74) is 2.41. The number of aryl methyl sites for hydroxylation is 1. The summed E-state index contributed by atoms with van der Waals surface area (Å²) < 4.78 is 40.7. The van der Waals surface area contributed by atoms with Crippen LogP contribution in [0.5, 0.6) is 5.75 Å². The zero-order valence-corrected chi connectivity index (χ0v) is 12.4. The fourth-order valence-corrected chi connectivity index (χ4v) is 1.83. The summed E-state index contributed by atoms with van der Waals surface area (Å²) in [5.74, 6) is -0.158. The maximum Gasteiger partial charge on any atom is 0.422 e. The smallest absolute Gasteiger partial charge is 0.422 e. The van der Waals surface area contributed by atoms with Gasteiger partial charge < -0.3 is 4.74 Å². The average molecular weight is 320 g/mol. The van der Waals surface area contributed by atoms with Crippen molar-refractivity contribution in [2.24, 2.45) is 0 Å². The van der Waals surface area contributed by atoms with Crippen LogP contribution in [-0.4, -0.2) is 18.6 Å². The largest absolute Gasteiger partial charge is 0.484 e. The molecule has 0 amide bonds. The number of allylic oxidation sites excluding steroid dienone is 1. The SMILES string of the molecule is Cc1ccc(/C=C/C(=O)c2ccc(OCC(F)(F)F)cc2)cc1. The van der Waals surface area contributed by atoms with E-state index in [2.05, 4.69) is 4.74 Å². The number of hydrogen-bond donors (Lipinski definition) is 0. The van der Waals surface area contributed by atoms with Crippen molar-refractivity contribution in [2.45, 2.75) is 13.1 Å². The molecule has 2 rings (SSSR count). The first-order chi connectivity index (χ1) is 10.8. The molecule has 2 aromatic rings. The number of halogens is 3. The lowest BCUT2D eigenvalue weighted by molar-refractivity contribution is -0.153. The van der Waals surface area contributed by atoms with Gasteiger partial charge in [0.05, 0.1) is 0 Å². The quantitative estimate of drug-likeness (QED) is 0.582. The predicted molar refractivity (Wildman–Crippen MR) is 82.5 cm³/mol. The van der Waals surface area contributed by atoms with Crippen LogP contribution in [0.2, 0.25) is 0 Å². The van der Waals surface area contributed by atoms with Gasteiger partial charge in [0.1, 0.15) is 5.75 Å². The first-order valence-electron chi connectivity index (χ1n) is 6.92.